The molecule has 14 nitrogen and oxygen atoms in total. The molecule has 2 rings (SSSR count). The van der Waals surface area contributed by atoms with E-state index in [0.717, 1.165) is 33.8 Å². The first-order chi connectivity index (χ1) is 24.3. The predicted molar refractivity (Wildman–Crippen MR) is 199 cm³/mol. The first-order valence-electron chi connectivity index (χ1n) is 18.3. The van der Waals surface area contributed by atoms with E-state index in [1.165, 1.54) is 4.90 Å². The summed E-state index contributed by atoms with van der Waals surface area (Å²) in [5.74, 6) is -0.0263. The Morgan fingerprint density at radius 1 is 0.846 bits per heavy atom. The Morgan fingerprint density at radius 2 is 1.48 bits per heavy atom. The van der Waals surface area contributed by atoms with Gasteiger partial charge in [-0.25, -0.2) is 9.59 Å². The van der Waals surface area contributed by atoms with E-state index in [1.807, 2.05) is 34.6 Å². The number of carbonyl (C=O) groups is 5. The highest BCUT2D eigenvalue weighted by molar-refractivity contribution is 5.94. The topological polar surface area (TPSA) is 174 Å². The van der Waals surface area contributed by atoms with E-state index in [0.29, 0.717) is 38.6 Å². The van der Waals surface area contributed by atoms with Gasteiger partial charge in [-0.15, -0.1) is 0 Å². The molecule has 1 fully saturated rings. The second-order valence-electron chi connectivity index (χ2n) is 15.0. The van der Waals surface area contributed by atoms with Gasteiger partial charge in [0.1, 0.15) is 35.2 Å². The lowest BCUT2D eigenvalue weighted by molar-refractivity contribution is -0.134. The number of carbonyl (C=O) groups excluding carboxylic acids is 5. The summed E-state index contributed by atoms with van der Waals surface area (Å²) in [4.78, 5) is 66.6. The highest BCUT2D eigenvalue weighted by Gasteiger charge is 2.39. The average molecular weight is 734 g/mol. The molecule has 3 atom stereocenters. The van der Waals surface area contributed by atoms with Gasteiger partial charge >= 0.3 is 12.2 Å². The Hall–Kier alpha value is -4.23. The molecule has 1 heterocycles. The third-order valence-electron chi connectivity index (χ3n) is 8.96. The van der Waals surface area contributed by atoms with Gasteiger partial charge in [-0.1, -0.05) is 13.8 Å². The van der Waals surface area contributed by atoms with Crippen LogP contribution in [0.5, 0.6) is 11.5 Å². The summed E-state index contributed by atoms with van der Waals surface area (Å²) in [5, 5.41) is 11.2. The van der Waals surface area contributed by atoms with E-state index in [4.69, 9.17) is 18.9 Å². The molecule has 14 heteroatoms. The number of likely N-dealkylation sites (tertiary alicyclic amines) is 1. The van der Waals surface area contributed by atoms with Gasteiger partial charge in [-0.05, 0) is 117 Å². The second-order valence-corrected chi connectivity index (χ2v) is 15.0. The zero-order valence-electron chi connectivity index (χ0n) is 33.4. The maximum atomic E-state index is 13.5. The van der Waals surface area contributed by atoms with Crippen LogP contribution in [-0.4, -0.2) is 98.5 Å². The van der Waals surface area contributed by atoms with Crippen LogP contribution in [0.25, 0.3) is 0 Å². The number of nitrogens with zero attached hydrogens (tertiary/aromatic N) is 1. The first kappa shape index (κ1) is 43.9. The quantitative estimate of drug-likeness (QED) is 0.167. The average Bonchev–Trinajstić information content (AvgIpc) is 3.55. The molecule has 0 bridgehead atoms. The van der Waals surface area contributed by atoms with Crippen LogP contribution in [0, 0.1) is 26.7 Å². The molecular weight excluding hydrogens is 670 g/mol. The number of ether oxygens (including phenoxy) is 4. The van der Waals surface area contributed by atoms with Crippen LogP contribution in [0.15, 0.2) is 0 Å². The van der Waals surface area contributed by atoms with Gasteiger partial charge in [-0.2, -0.15) is 0 Å². The molecule has 1 saturated heterocycles. The smallest absolute Gasteiger partial charge is 0.410 e. The molecule has 52 heavy (non-hydrogen) atoms. The molecule has 1 aliphatic heterocycles. The fourth-order valence-corrected chi connectivity index (χ4v) is 6.28. The van der Waals surface area contributed by atoms with Crippen LogP contribution >= 0.6 is 0 Å². The van der Waals surface area contributed by atoms with Crippen LogP contribution in [0.2, 0.25) is 0 Å². The predicted octanol–water partition coefficient (Wildman–Crippen LogP) is 4.62. The van der Waals surface area contributed by atoms with Crippen molar-refractivity contribution >= 4 is 29.9 Å². The summed E-state index contributed by atoms with van der Waals surface area (Å²) in [5.41, 5.74) is 3.33. The van der Waals surface area contributed by atoms with Crippen molar-refractivity contribution in [2.24, 2.45) is 5.92 Å². The zero-order chi connectivity index (χ0) is 39.3. The monoisotopic (exact) mass is 733 g/mol. The Morgan fingerprint density at radius 3 is 2.06 bits per heavy atom. The lowest BCUT2D eigenvalue weighted by atomic mass is 9.94. The van der Waals surface area contributed by atoms with Gasteiger partial charge < -0.3 is 40.2 Å². The van der Waals surface area contributed by atoms with Crippen LogP contribution in [0.4, 0.5) is 9.59 Å². The fourth-order valence-electron chi connectivity index (χ4n) is 6.28. The normalized spacial score (nSPS) is 15.5. The standard InChI is InChI=1S/C38H63N5O9/c1-22(2)30(42-34(45)29-18-14-20-43(29)37(48)52-38(8,9)10)35(46)41-28(33(44)40-23(3)4)17-13-19-39-36(47)51-21-15-16-27-26(7)31(49-11)24(5)25(6)32(27)50-12/h22-23,28-30H,13-21H2,1-12H3,(H,39,47)(H,40,44)(H,41,46)(H,42,45)/t28?,29-,30-/m0/s1. The van der Waals surface area contributed by atoms with Crippen LogP contribution in [0.1, 0.15) is 103 Å². The Bertz CT molecular complexity index is 1410. The van der Waals surface area contributed by atoms with Crippen LogP contribution in [-0.2, 0) is 30.3 Å². The summed E-state index contributed by atoms with van der Waals surface area (Å²) < 4.78 is 22.2. The SMILES string of the molecule is COc1c(C)c(C)c(OC)c(CCCOC(=O)NCCCC(NC(=O)[C@@H](NC(=O)[C@@H]2CCCN2C(=O)OC(C)(C)C)C(C)C)C(=O)NC(C)C)c1C. The molecule has 1 aliphatic rings. The largest absolute Gasteiger partial charge is 0.496 e. The number of methoxy groups -OCH3 is 2. The van der Waals surface area contributed by atoms with Crippen LogP contribution < -0.4 is 30.7 Å². The summed E-state index contributed by atoms with van der Waals surface area (Å²) in [6.45, 7) is 19.3. The van der Waals surface area contributed by atoms with E-state index in [1.54, 1.807) is 48.8 Å². The number of amides is 5. The molecule has 0 spiro atoms. The summed E-state index contributed by atoms with van der Waals surface area (Å²) in [6.07, 6.45) is 1.73. The Kier molecular flexibility index (Phi) is 17.0. The molecule has 0 aliphatic carbocycles. The van der Waals surface area contributed by atoms with Crippen molar-refractivity contribution in [1.82, 2.24) is 26.2 Å². The number of benzene rings is 1. The molecule has 294 valence electrons. The number of rotatable bonds is 17. The van der Waals surface area contributed by atoms with Gasteiger partial charge in [0.05, 0.1) is 20.8 Å². The second kappa shape index (κ2) is 20.1. The molecule has 0 saturated carbocycles. The molecular formula is C38H63N5O9. The van der Waals surface area contributed by atoms with Crippen molar-refractivity contribution in [2.75, 3.05) is 33.9 Å². The van der Waals surface area contributed by atoms with Gasteiger partial charge in [0.25, 0.3) is 0 Å². The molecule has 0 radical (unpaired) electrons. The van der Waals surface area contributed by atoms with E-state index in [9.17, 15) is 24.0 Å². The molecule has 4 N–H and O–H groups in total. The molecule has 5 amide bonds. The van der Waals surface area contributed by atoms with Gasteiger partial charge in [-0.3, -0.25) is 19.3 Å². The van der Waals surface area contributed by atoms with E-state index < -0.39 is 47.7 Å². The van der Waals surface area contributed by atoms with Gasteiger partial charge in [0.2, 0.25) is 17.7 Å². The van der Waals surface area contributed by atoms with E-state index >= 15 is 0 Å². The minimum absolute atomic E-state index is 0.171. The van der Waals surface area contributed by atoms with Crippen molar-refractivity contribution in [2.45, 2.75) is 138 Å². The van der Waals surface area contributed by atoms with Crippen molar-refractivity contribution in [3.8, 4) is 11.5 Å². The van der Waals surface area contributed by atoms with Crippen molar-refractivity contribution in [1.29, 1.82) is 0 Å². The molecule has 0 aromatic heterocycles. The summed E-state index contributed by atoms with van der Waals surface area (Å²) in [6, 6.07) is -2.80. The Labute approximate surface area is 309 Å². The summed E-state index contributed by atoms with van der Waals surface area (Å²) in [7, 11) is 3.29. The maximum Gasteiger partial charge on any atom is 0.410 e. The lowest BCUT2D eigenvalue weighted by Gasteiger charge is -2.30. The van der Waals surface area contributed by atoms with E-state index in [-0.39, 0.29) is 37.4 Å². The highest BCUT2D eigenvalue weighted by Crippen LogP contribution is 2.38. The fraction of sp³-hybridized carbons (Fsp3) is 0.711. The molecule has 1 unspecified atom stereocenters. The number of alkyl carbamates (subject to hydrolysis) is 1. The number of nitrogens with one attached hydrogen (secondary N) is 4. The van der Waals surface area contributed by atoms with Crippen molar-refractivity contribution < 1.29 is 42.9 Å². The van der Waals surface area contributed by atoms with Gasteiger partial charge in [0.15, 0.2) is 0 Å². The Balaban J connectivity index is 1.95. The van der Waals surface area contributed by atoms with Crippen molar-refractivity contribution in [3.63, 3.8) is 0 Å². The summed E-state index contributed by atoms with van der Waals surface area (Å²) >= 11 is 0. The molecule has 1 aromatic carbocycles. The first-order valence-corrected chi connectivity index (χ1v) is 18.3. The maximum absolute atomic E-state index is 13.5. The van der Waals surface area contributed by atoms with Crippen LogP contribution in [0.3, 0.4) is 0 Å². The minimum atomic E-state index is -0.954. The molecule has 1 aromatic rings. The zero-order valence-corrected chi connectivity index (χ0v) is 33.4. The number of hydrogen-bond acceptors (Lipinski definition) is 9. The van der Waals surface area contributed by atoms with Crippen molar-refractivity contribution in [3.05, 3.63) is 22.3 Å². The highest BCUT2D eigenvalue weighted by atomic mass is 16.6. The van der Waals surface area contributed by atoms with E-state index in [2.05, 4.69) is 21.3 Å². The third-order valence-corrected chi connectivity index (χ3v) is 8.96. The minimum Gasteiger partial charge on any atom is -0.496 e. The lowest BCUT2D eigenvalue weighted by Crippen LogP contribution is -2.58. The number of hydrogen-bond donors (Lipinski definition) is 4. The third kappa shape index (κ3) is 12.8. The van der Waals surface area contributed by atoms with Gasteiger partial charge in [0, 0.05) is 24.7 Å².